The molecule has 1 N–H and O–H groups in total. The third-order valence-corrected chi connectivity index (χ3v) is 6.42. The van der Waals surface area contributed by atoms with Gasteiger partial charge in [-0.2, -0.15) is 9.97 Å². The van der Waals surface area contributed by atoms with Crippen molar-refractivity contribution in [2.24, 2.45) is 0 Å². The Morgan fingerprint density at radius 1 is 1.09 bits per heavy atom. The topological polar surface area (TPSA) is 110 Å². The predicted molar refractivity (Wildman–Crippen MR) is 131 cm³/mol. The van der Waals surface area contributed by atoms with Gasteiger partial charge in [-0.3, -0.25) is 9.69 Å². The fourth-order valence-electron chi connectivity index (χ4n) is 4.59. The molecule has 3 aromatic rings. The number of rotatable bonds is 5. The van der Waals surface area contributed by atoms with Gasteiger partial charge < -0.3 is 24.2 Å². The Balaban J connectivity index is 1.66. The molecule has 4 heterocycles. The number of aliphatic hydroxyl groups is 1. The maximum absolute atomic E-state index is 12.7. The summed E-state index contributed by atoms with van der Waals surface area (Å²) in [6.07, 6.45) is 0. The van der Waals surface area contributed by atoms with E-state index in [2.05, 4.69) is 11.8 Å². The van der Waals surface area contributed by atoms with Crippen LogP contribution in [0.2, 0.25) is 0 Å². The van der Waals surface area contributed by atoms with Gasteiger partial charge in [0.25, 0.3) is 5.91 Å². The quantitative estimate of drug-likeness (QED) is 0.589. The summed E-state index contributed by atoms with van der Waals surface area (Å²) < 4.78 is 16.4. The molecule has 2 aliphatic rings. The lowest BCUT2D eigenvalue weighted by Crippen LogP contribution is -2.49. The molecule has 2 saturated heterocycles. The third-order valence-electron chi connectivity index (χ3n) is 6.42. The van der Waals surface area contributed by atoms with Crippen molar-refractivity contribution < 1.29 is 24.1 Å². The highest BCUT2D eigenvalue weighted by atomic mass is 16.5. The molecule has 5 rings (SSSR count). The van der Waals surface area contributed by atoms with E-state index in [0.29, 0.717) is 55.0 Å². The first-order valence-electron chi connectivity index (χ1n) is 11.7. The molecule has 2 aliphatic heterocycles. The average Bonchev–Trinajstić information content (AvgIpc) is 2.87. The summed E-state index contributed by atoms with van der Waals surface area (Å²) in [5, 5.41) is 10.5. The summed E-state index contributed by atoms with van der Waals surface area (Å²) in [6, 6.07) is 9.37. The second kappa shape index (κ2) is 9.73. The number of benzene rings is 1. The number of fused-ring (bicyclic) bond motifs is 1. The van der Waals surface area contributed by atoms with Crippen LogP contribution in [0, 0.1) is 0 Å². The van der Waals surface area contributed by atoms with Gasteiger partial charge in [-0.1, -0.05) is 0 Å². The molecule has 2 atom stereocenters. The maximum atomic E-state index is 12.7. The van der Waals surface area contributed by atoms with Crippen LogP contribution in [0.5, 0.6) is 5.75 Å². The van der Waals surface area contributed by atoms with Gasteiger partial charge in [-0.25, -0.2) is 4.98 Å². The minimum atomic E-state index is -0.194. The van der Waals surface area contributed by atoms with Crippen LogP contribution in [-0.2, 0) is 20.9 Å². The van der Waals surface area contributed by atoms with Gasteiger partial charge in [0, 0.05) is 17.7 Å². The molecular weight excluding hydrogens is 450 g/mol. The molecule has 1 aromatic carbocycles. The van der Waals surface area contributed by atoms with E-state index in [4.69, 9.17) is 29.2 Å². The molecule has 0 unspecified atom stereocenters. The Bertz CT molecular complexity index is 1250. The fraction of sp³-hybridized carbons (Fsp3) is 0.440. The molecule has 35 heavy (non-hydrogen) atoms. The van der Waals surface area contributed by atoms with Crippen LogP contribution in [0.3, 0.4) is 0 Å². The number of ether oxygens (including phenoxy) is 3. The van der Waals surface area contributed by atoms with Gasteiger partial charge >= 0.3 is 0 Å². The first-order chi connectivity index (χ1) is 17.0. The van der Waals surface area contributed by atoms with Crippen LogP contribution in [0.25, 0.3) is 22.3 Å². The lowest BCUT2D eigenvalue weighted by Gasteiger charge is -2.36. The second-order valence-corrected chi connectivity index (χ2v) is 8.84. The van der Waals surface area contributed by atoms with Crippen molar-refractivity contribution in [1.82, 2.24) is 15.0 Å². The first-order valence-corrected chi connectivity index (χ1v) is 11.7. The number of aliphatic hydroxyl groups excluding tert-OH is 1. The number of carbonyl (C=O) groups is 1. The number of methoxy groups -OCH3 is 1. The zero-order chi connectivity index (χ0) is 24.5. The molecule has 0 saturated carbocycles. The number of hydrogen-bond acceptors (Lipinski definition) is 9. The van der Waals surface area contributed by atoms with Crippen molar-refractivity contribution in [2.75, 3.05) is 49.9 Å². The van der Waals surface area contributed by atoms with Gasteiger partial charge in [0.2, 0.25) is 5.95 Å². The van der Waals surface area contributed by atoms with Crippen molar-refractivity contribution in [3.63, 3.8) is 0 Å². The molecule has 0 aliphatic carbocycles. The van der Waals surface area contributed by atoms with E-state index in [9.17, 15) is 9.90 Å². The molecular formula is C25H29N5O5. The number of amides is 1. The van der Waals surface area contributed by atoms with Crippen LogP contribution in [0.1, 0.15) is 19.4 Å². The molecule has 0 bridgehead atoms. The van der Waals surface area contributed by atoms with E-state index in [-0.39, 0.29) is 31.2 Å². The van der Waals surface area contributed by atoms with E-state index in [1.807, 2.05) is 37.3 Å². The first kappa shape index (κ1) is 23.4. The minimum absolute atomic E-state index is 0.00171. The summed E-state index contributed by atoms with van der Waals surface area (Å²) in [5.41, 5.74) is 2.69. The molecule has 10 heteroatoms. The highest BCUT2D eigenvalue weighted by molar-refractivity contribution is 5.96. The molecule has 2 aromatic heterocycles. The number of hydrogen-bond donors (Lipinski definition) is 1. The molecule has 2 fully saturated rings. The standard InChI is InChI=1S/C25H29N5O5/c1-15-12-34-9-8-29(15)24-19-5-6-20(17-4-7-21(33-3)18(10-17)11-31)26-23(19)27-25(28-24)30-16(2)13-35-14-22(30)32/h4-7,10,15-16,31H,8-9,11-14H2,1-3H3/t15-,16-/m0/s1. The molecule has 0 spiro atoms. The Kier molecular flexibility index (Phi) is 6.50. The Morgan fingerprint density at radius 3 is 2.66 bits per heavy atom. The zero-order valence-electron chi connectivity index (χ0n) is 20.1. The molecule has 1 amide bonds. The van der Waals surface area contributed by atoms with Crippen LogP contribution >= 0.6 is 0 Å². The van der Waals surface area contributed by atoms with E-state index in [0.717, 1.165) is 16.8 Å². The summed E-state index contributed by atoms with van der Waals surface area (Å²) in [7, 11) is 1.57. The van der Waals surface area contributed by atoms with Crippen molar-refractivity contribution >= 4 is 28.7 Å². The van der Waals surface area contributed by atoms with Crippen LogP contribution < -0.4 is 14.5 Å². The van der Waals surface area contributed by atoms with E-state index in [1.54, 1.807) is 12.0 Å². The summed E-state index contributed by atoms with van der Waals surface area (Å²) >= 11 is 0. The van der Waals surface area contributed by atoms with Crippen LogP contribution in [0.4, 0.5) is 11.8 Å². The number of carbonyl (C=O) groups excluding carboxylic acids is 1. The van der Waals surface area contributed by atoms with Gasteiger partial charge in [0.1, 0.15) is 18.2 Å². The zero-order valence-corrected chi connectivity index (χ0v) is 20.1. The van der Waals surface area contributed by atoms with Crippen LogP contribution in [0.15, 0.2) is 30.3 Å². The smallest absolute Gasteiger partial charge is 0.255 e. The van der Waals surface area contributed by atoms with E-state index >= 15 is 0 Å². The van der Waals surface area contributed by atoms with Crippen molar-refractivity contribution in [3.8, 4) is 17.0 Å². The summed E-state index contributed by atoms with van der Waals surface area (Å²) in [5.74, 6) is 1.49. The lowest BCUT2D eigenvalue weighted by atomic mass is 10.1. The number of morpholine rings is 2. The van der Waals surface area contributed by atoms with E-state index < -0.39 is 0 Å². The highest BCUT2D eigenvalue weighted by Gasteiger charge is 2.31. The van der Waals surface area contributed by atoms with E-state index in [1.165, 1.54) is 0 Å². The predicted octanol–water partition coefficient (Wildman–Crippen LogP) is 2.17. The summed E-state index contributed by atoms with van der Waals surface area (Å²) in [6.45, 7) is 6.14. The minimum Gasteiger partial charge on any atom is -0.496 e. The molecule has 0 radical (unpaired) electrons. The lowest BCUT2D eigenvalue weighted by molar-refractivity contribution is -0.127. The Hall–Kier alpha value is -3.34. The SMILES string of the molecule is COc1ccc(-c2ccc3c(N4CCOC[C@@H]4C)nc(N4C(=O)COC[C@@H]4C)nc3n2)cc1CO. The molecule has 10 nitrogen and oxygen atoms in total. The number of nitrogens with zero attached hydrogens (tertiary/aromatic N) is 5. The number of aromatic nitrogens is 3. The normalized spacial score (nSPS) is 21.0. The maximum Gasteiger partial charge on any atom is 0.255 e. The second-order valence-electron chi connectivity index (χ2n) is 8.84. The van der Waals surface area contributed by atoms with Crippen molar-refractivity contribution in [1.29, 1.82) is 0 Å². The Morgan fingerprint density at radius 2 is 1.91 bits per heavy atom. The highest BCUT2D eigenvalue weighted by Crippen LogP contribution is 2.32. The third kappa shape index (κ3) is 4.40. The van der Waals surface area contributed by atoms with Gasteiger partial charge in [0.15, 0.2) is 5.65 Å². The Labute approximate surface area is 203 Å². The average molecular weight is 480 g/mol. The largest absolute Gasteiger partial charge is 0.496 e. The van der Waals surface area contributed by atoms with Crippen LogP contribution in [-0.4, -0.2) is 78.1 Å². The fourth-order valence-corrected chi connectivity index (χ4v) is 4.59. The summed E-state index contributed by atoms with van der Waals surface area (Å²) in [4.78, 5) is 31.0. The molecule has 184 valence electrons. The monoisotopic (exact) mass is 479 g/mol. The number of pyridine rings is 1. The van der Waals surface area contributed by atoms with Gasteiger partial charge in [-0.15, -0.1) is 0 Å². The van der Waals surface area contributed by atoms with Gasteiger partial charge in [-0.05, 0) is 44.2 Å². The number of anilines is 2. The van der Waals surface area contributed by atoms with Crippen molar-refractivity contribution in [3.05, 3.63) is 35.9 Å². The van der Waals surface area contributed by atoms with Gasteiger partial charge in [0.05, 0.1) is 56.7 Å². The van der Waals surface area contributed by atoms with Crippen molar-refractivity contribution in [2.45, 2.75) is 32.5 Å².